The molecule has 0 saturated heterocycles. The minimum absolute atomic E-state index is 0.218. The average Bonchev–Trinajstić information content (AvgIpc) is 3.07. The van der Waals surface area contributed by atoms with E-state index < -0.39 is 0 Å². The van der Waals surface area contributed by atoms with Crippen LogP contribution in [0.3, 0.4) is 0 Å². The zero-order chi connectivity index (χ0) is 13.0. The summed E-state index contributed by atoms with van der Waals surface area (Å²) in [5.41, 5.74) is 0. The summed E-state index contributed by atoms with van der Waals surface area (Å²) in [6, 6.07) is 0. The number of nitrogens with zero attached hydrogens (tertiary/aromatic N) is 1. The Hall–Kier alpha value is -0.710. The lowest BCUT2D eigenvalue weighted by Crippen LogP contribution is -2.34. The molecule has 18 heavy (non-hydrogen) atoms. The van der Waals surface area contributed by atoms with E-state index in [-0.39, 0.29) is 5.91 Å². The molecular weight excluding hydrogens is 246 g/mol. The molecule has 1 aliphatic heterocycles. The molecule has 0 spiro atoms. The molecular formula is C13H23N3OS. The lowest BCUT2D eigenvalue weighted by molar-refractivity contribution is -0.122. The molecule has 102 valence electrons. The van der Waals surface area contributed by atoms with Crippen molar-refractivity contribution in [2.75, 3.05) is 19.6 Å². The molecule has 1 heterocycles. The molecule has 4 nitrogen and oxygen atoms in total. The van der Waals surface area contributed by atoms with Crippen LogP contribution < -0.4 is 10.6 Å². The lowest BCUT2D eigenvalue weighted by atomic mass is 10.1. The number of amidine groups is 1. The molecule has 2 N–H and O–H groups in total. The summed E-state index contributed by atoms with van der Waals surface area (Å²) >= 11 is 1.84. The predicted octanol–water partition coefficient (Wildman–Crippen LogP) is 1.62. The van der Waals surface area contributed by atoms with Crippen molar-refractivity contribution in [3.8, 4) is 0 Å². The molecule has 0 bridgehead atoms. The van der Waals surface area contributed by atoms with Gasteiger partial charge in [-0.25, -0.2) is 0 Å². The first-order chi connectivity index (χ1) is 8.65. The molecule has 0 aromatic rings. The van der Waals surface area contributed by atoms with E-state index in [0.717, 1.165) is 37.0 Å². The van der Waals surface area contributed by atoms with Crippen LogP contribution in [0.15, 0.2) is 4.99 Å². The van der Waals surface area contributed by atoms with Gasteiger partial charge in [-0.2, -0.15) is 0 Å². The van der Waals surface area contributed by atoms with Crippen molar-refractivity contribution in [1.82, 2.24) is 10.6 Å². The largest absolute Gasteiger partial charge is 0.363 e. The molecule has 1 saturated carbocycles. The molecule has 0 aromatic carbocycles. The van der Waals surface area contributed by atoms with Gasteiger partial charge in [-0.3, -0.25) is 9.79 Å². The summed E-state index contributed by atoms with van der Waals surface area (Å²) in [5.74, 6) is 1.25. The minimum Gasteiger partial charge on any atom is -0.363 e. The number of hydrogen-bond donors (Lipinski definition) is 2. The molecule has 1 fully saturated rings. The van der Waals surface area contributed by atoms with E-state index in [0.29, 0.717) is 17.7 Å². The van der Waals surface area contributed by atoms with Crippen LogP contribution in [-0.4, -0.2) is 36.0 Å². The molecule has 1 amide bonds. The van der Waals surface area contributed by atoms with Crippen molar-refractivity contribution >= 4 is 22.8 Å². The summed E-state index contributed by atoms with van der Waals surface area (Å²) in [6.07, 6.45) is 3.36. The number of amides is 1. The first kappa shape index (κ1) is 13.7. The van der Waals surface area contributed by atoms with Gasteiger partial charge < -0.3 is 10.6 Å². The summed E-state index contributed by atoms with van der Waals surface area (Å²) in [4.78, 5) is 15.9. The summed E-state index contributed by atoms with van der Waals surface area (Å²) in [7, 11) is 0. The fraction of sp³-hybridized carbons (Fsp3) is 0.846. The Morgan fingerprint density at radius 3 is 2.89 bits per heavy atom. The molecule has 2 aliphatic rings. The Bertz CT molecular complexity index is 326. The van der Waals surface area contributed by atoms with Crippen LogP contribution in [0.2, 0.25) is 0 Å². The Kier molecular flexibility index (Phi) is 4.92. The normalized spacial score (nSPS) is 23.1. The van der Waals surface area contributed by atoms with Crippen molar-refractivity contribution in [2.24, 2.45) is 16.8 Å². The second-order valence-electron chi connectivity index (χ2n) is 5.51. The molecule has 1 unspecified atom stereocenters. The van der Waals surface area contributed by atoms with Gasteiger partial charge in [-0.1, -0.05) is 25.6 Å². The third-order valence-corrected chi connectivity index (χ3v) is 4.27. The Morgan fingerprint density at radius 1 is 1.44 bits per heavy atom. The Morgan fingerprint density at radius 2 is 2.22 bits per heavy atom. The van der Waals surface area contributed by atoms with Gasteiger partial charge in [0.15, 0.2) is 5.17 Å². The van der Waals surface area contributed by atoms with Crippen LogP contribution in [0.25, 0.3) is 0 Å². The van der Waals surface area contributed by atoms with Crippen molar-refractivity contribution in [3.63, 3.8) is 0 Å². The zero-order valence-electron chi connectivity index (χ0n) is 11.2. The molecule has 1 aliphatic carbocycles. The van der Waals surface area contributed by atoms with E-state index in [4.69, 9.17) is 0 Å². The Balaban J connectivity index is 1.53. The van der Waals surface area contributed by atoms with Gasteiger partial charge >= 0.3 is 0 Å². The lowest BCUT2D eigenvalue weighted by Gasteiger charge is -2.11. The van der Waals surface area contributed by atoms with E-state index in [1.165, 1.54) is 6.42 Å². The van der Waals surface area contributed by atoms with Crippen LogP contribution in [-0.2, 0) is 4.79 Å². The highest BCUT2D eigenvalue weighted by Gasteiger charge is 2.29. The fourth-order valence-corrected chi connectivity index (χ4v) is 3.29. The smallest absolute Gasteiger partial charge is 0.223 e. The van der Waals surface area contributed by atoms with Crippen molar-refractivity contribution in [3.05, 3.63) is 0 Å². The van der Waals surface area contributed by atoms with Crippen molar-refractivity contribution in [1.29, 1.82) is 0 Å². The summed E-state index contributed by atoms with van der Waals surface area (Å²) in [5, 5.41) is 7.92. The van der Waals surface area contributed by atoms with Gasteiger partial charge in [0, 0.05) is 24.3 Å². The van der Waals surface area contributed by atoms with Gasteiger partial charge in [0.05, 0.1) is 6.54 Å². The number of hydrogen-bond acceptors (Lipinski definition) is 4. The molecule has 0 radical (unpaired) electrons. The van der Waals surface area contributed by atoms with Crippen LogP contribution in [0.5, 0.6) is 0 Å². The topological polar surface area (TPSA) is 53.5 Å². The van der Waals surface area contributed by atoms with E-state index in [9.17, 15) is 4.79 Å². The van der Waals surface area contributed by atoms with Crippen LogP contribution in [0.4, 0.5) is 0 Å². The maximum atomic E-state index is 11.4. The average molecular weight is 269 g/mol. The zero-order valence-corrected chi connectivity index (χ0v) is 12.1. The van der Waals surface area contributed by atoms with Gasteiger partial charge in [-0.15, -0.1) is 0 Å². The SMILES string of the molecule is CC(C)CC1CN=C(NCCNC(=O)C2CC2)S1. The van der Waals surface area contributed by atoms with Gasteiger partial charge in [0.25, 0.3) is 0 Å². The summed E-state index contributed by atoms with van der Waals surface area (Å²) < 4.78 is 0. The predicted molar refractivity (Wildman–Crippen MR) is 76.9 cm³/mol. The second-order valence-corrected chi connectivity index (χ2v) is 6.80. The first-order valence-electron chi connectivity index (χ1n) is 6.88. The second kappa shape index (κ2) is 6.45. The van der Waals surface area contributed by atoms with Crippen LogP contribution >= 0.6 is 11.8 Å². The third kappa shape index (κ3) is 4.52. The van der Waals surface area contributed by atoms with E-state index in [2.05, 4.69) is 29.5 Å². The Labute approximate surface area is 113 Å². The minimum atomic E-state index is 0.218. The highest BCUT2D eigenvalue weighted by molar-refractivity contribution is 8.14. The maximum absolute atomic E-state index is 11.4. The fourth-order valence-electron chi connectivity index (χ4n) is 2.01. The molecule has 5 heteroatoms. The standard InChI is InChI=1S/C13H23N3OS/c1-9(2)7-11-8-16-13(18-11)15-6-5-14-12(17)10-3-4-10/h9-11H,3-8H2,1-2H3,(H,14,17)(H,15,16). The van der Waals surface area contributed by atoms with Gasteiger partial charge in [0.2, 0.25) is 5.91 Å². The number of thioether (sulfide) groups is 1. The molecule has 2 rings (SSSR count). The first-order valence-corrected chi connectivity index (χ1v) is 7.76. The van der Waals surface area contributed by atoms with Gasteiger partial charge in [-0.05, 0) is 25.2 Å². The molecule has 0 aromatic heterocycles. The van der Waals surface area contributed by atoms with Gasteiger partial charge in [0.1, 0.15) is 0 Å². The van der Waals surface area contributed by atoms with E-state index >= 15 is 0 Å². The van der Waals surface area contributed by atoms with Crippen molar-refractivity contribution < 1.29 is 4.79 Å². The number of aliphatic imine (C=N–C) groups is 1. The maximum Gasteiger partial charge on any atom is 0.223 e. The third-order valence-electron chi connectivity index (χ3n) is 3.10. The quantitative estimate of drug-likeness (QED) is 0.721. The highest BCUT2D eigenvalue weighted by atomic mass is 32.2. The van der Waals surface area contributed by atoms with Crippen LogP contribution in [0, 0.1) is 11.8 Å². The van der Waals surface area contributed by atoms with E-state index in [1.54, 1.807) is 0 Å². The number of rotatable bonds is 6. The molecule has 1 atom stereocenters. The van der Waals surface area contributed by atoms with E-state index in [1.807, 2.05) is 11.8 Å². The van der Waals surface area contributed by atoms with Crippen molar-refractivity contribution in [2.45, 2.75) is 38.4 Å². The van der Waals surface area contributed by atoms with Crippen LogP contribution in [0.1, 0.15) is 33.1 Å². The number of carbonyl (C=O) groups excluding carboxylic acids is 1. The monoisotopic (exact) mass is 269 g/mol. The highest BCUT2D eigenvalue weighted by Crippen LogP contribution is 2.28. The summed E-state index contributed by atoms with van der Waals surface area (Å²) in [6.45, 7) is 6.90. The number of carbonyl (C=O) groups is 1. The number of nitrogens with one attached hydrogen (secondary N) is 2.